The second-order valence-electron chi connectivity index (χ2n) is 6.94. The maximum atomic E-state index is 9.18. The van der Waals surface area contributed by atoms with Crippen LogP contribution in [0, 0.1) is 0 Å². The molecule has 1 heterocycles. The van der Waals surface area contributed by atoms with Crippen molar-refractivity contribution < 1.29 is 27.1 Å². The Morgan fingerprint density at radius 2 is 1.43 bits per heavy atom. The zero-order valence-electron chi connectivity index (χ0n) is 15.3. The molecule has 23 heavy (non-hydrogen) atoms. The van der Waals surface area contributed by atoms with Gasteiger partial charge in [0, 0.05) is 6.42 Å². The first-order valence-corrected chi connectivity index (χ1v) is 9.55. The topological polar surface area (TPSA) is 37.2 Å². The summed E-state index contributed by atoms with van der Waals surface area (Å²) in [5.74, 6) is 0. The first kappa shape index (κ1) is 22.6. The summed E-state index contributed by atoms with van der Waals surface area (Å²) in [5, 5.41) is 9.18. The first-order chi connectivity index (χ1) is 10.7. The van der Waals surface area contributed by atoms with Gasteiger partial charge in [-0.1, -0.05) is 64.7 Å². The summed E-state index contributed by atoms with van der Waals surface area (Å²) in [7, 11) is 0. The third kappa shape index (κ3) is 9.46. The van der Waals surface area contributed by atoms with Crippen molar-refractivity contribution in [2.75, 3.05) is 13.2 Å². The van der Waals surface area contributed by atoms with Crippen molar-refractivity contribution in [3.05, 3.63) is 0 Å². The molecular weight excluding hydrogens is 308 g/mol. The van der Waals surface area contributed by atoms with Crippen molar-refractivity contribution in [3.8, 4) is 0 Å². The summed E-state index contributed by atoms with van der Waals surface area (Å²) in [6.45, 7) is 5.78. The van der Waals surface area contributed by atoms with E-state index < -0.39 is 0 Å². The molecule has 2 N–H and O–H groups in total. The lowest BCUT2D eigenvalue weighted by Crippen LogP contribution is -3.00. The van der Waals surface area contributed by atoms with Gasteiger partial charge >= 0.3 is 5.66 Å². The Morgan fingerprint density at radius 3 is 1.96 bits per heavy atom. The molecule has 0 amide bonds. The monoisotopic (exact) mass is 345 g/mol. The van der Waals surface area contributed by atoms with E-state index in [1.54, 1.807) is 0 Å². The number of rotatable bonds is 14. The van der Waals surface area contributed by atoms with E-state index in [1.165, 1.54) is 70.6 Å². The van der Waals surface area contributed by atoms with E-state index in [1.807, 2.05) is 6.21 Å². The molecule has 0 aromatic rings. The molecular formula is C19H38ClN2O+. The number of hydrogen-bond donors (Lipinski definition) is 2. The Morgan fingerprint density at radius 1 is 0.913 bits per heavy atom. The highest BCUT2D eigenvalue weighted by Crippen LogP contribution is 2.12. The third-order valence-electron chi connectivity index (χ3n) is 4.88. The number of nitrogens with zero attached hydrogens (tertiary/aromatic N) is 1. The van der Waals surface area contributed by atoms with Crippen molar-refractivity contribution in [1.29, 1.82) is 0 Å². The van der Waals surface area contributed by atoms with Gasteiger partial charge in [-0.2, -0.15) is 9.57 Å². The predicted octanol–water partition coefficient (Wildman–Crippen LogP) is -0.352. The molecule has 0 aromatic carbocycles. The Labute approximate surface area is 149 Å². The van der Waals surface area contributed by atoms with E-state index in [9.17, 15) is 5.11 Å². The molecule has 1 unspecified atom stereocenters. The summed E-state index contributed by atoms with van der Waals surface area (Å²) >= 11 is 0. The predicted molar refractivity (Wildman–Crippen MR) is 94.8 cm³/mol. The molecule has 0 bridgehead atoms. The minimum absolute atomic E-state index is 0. The van der Waals surface area contributed by atoms with Crippen LogP contribution in [0.5, 0.6) is 0 Å². The maximum Gasteiger partial charge on any atom is 0.349 e. The Hall–Kier alpha value is -0.410. The van der Waals surface area contributed by atoms with Gasteiger partial charge in [0.15, 0.2) is 0 Å². The molecule has 0 spiro atoms. The Bertz CT molecular complexity index is 344. The number of aliphatic hydroxyl groups excluding tert-OH is 1. The van der Waals surface area contributed by atoms with Crippen LogP contribution in [0.15, 0.2) is 0 Å². The Balaban J connectivity index is 0.00000484. The molecule has 0 saturated carbocycles. The summed E-state index contributed by atoms with van der Waals surface area (Å²) in [5.41, 5.74) is -0.0762. The van der Waals surface area contributed by atoms with Crippen LogP contribution in [-0.2, 0) is 0 Å². The van der Waals surface area contributed by atoms with Gasteiger partial charge in [0.25, 0.3) is 0 Å². The molecule has 1 aliphatic heterocycles. The molecule has 0 aromatic heterocycles. The average molecular weight is 346 g/mol. The van der Waals surface area contributed by atoms with Crippen LogP contribution in [0.4, 0.5) is 0 Å². The van der Waals surface area contributed by atoms with Crippen LogP contribution in [0.25, 0.3) is 0 Å². The quantitative estimate of drug-likeness (QED) is 0.328. The van der Waals surface area contributed by atoms with Crippen molar-refractivity contribution in [2.24, 2.45) is 0 Å². The highest BCUT2D eigenvalue weighted by molar-refractivity contribution is 6.11. The van der Waals surface area contributed by atoms with Crippen molar-refractivity contribution >= 4 is 12.4 Å². The van der Waals surface area contributed by atoms with Crippen LogP contribution in [0.3, 0.4) is 0 Å². The molecule has 0 fully saturated rings. The highest BCUT2D eigenvalue weighted by atomic mass is 35.5. The third-order valence-corrected chi connectivity index (χ3v) is 4.88. The van der Waals surface area contributed by atoms with E-state index >= 15 is 0 Å². The van der Waals surface area contributed by atoms with Gasteiger partial charge in [0.2, 0.25) is 12.4 Å². The number of nitrogens with one attached hydrogen (secondary N) is 1. The molecule has 3 nitrogen and oxygen atoms in total. The molecule has 1 atom stereocenters. The number of unbranched alkanes of at least 4 members (excludes halogenated alkanes) is 10. The van der Waals surface area contributed by atoms with Gasteiger partial charge in [-0.25, -0.2) is 0 Å². The molecule has 1 rings (SSSR count). The number of hydrogen-bond acceptors (Lipinski definition) is 1. The molecule has 0 saturated heterocycles. The second kappa shape index (κ2) is 14.0. The van der Waals surface area contributed by atoms with E-state index in [2.05, 4.69) is 29.6 Å². The molecule has 136 valence electrons. The molecule has 1 aliphatic rings. The SMILES string of the molecule is CCCCCCCCCCCCC[N+]1=CC=[NH+]C1(C)CCO.[Cl-]. The van der Waals surface area contributed by atoms with Gasteiger partial charge in [0.05, 0.1) is 13.5 Å². The lowest BCUT2D eigenvalue weighted by molar-refractivity contribution is -0.793. The van der Waals surface area contributed by atoms with E-state index in [0.29, 0.717) is 0 Å². The largest absolute Gasteiger partial charge is 1.00 e. The zero-order chi connectivity index (χ0) is 16.1. The summed E-state index contributed by atoms with van der Waals surface area (Å²) in [6.07, 6.45) is 20.2. The van der Waals surface area contributed by atoms with E-state index in [4.69, 9.17) is 0 Å². The second-order valence-corrected chi connectivity index (χ2v) is 6.94. The van der Waals surface area contributed by atoms with Gasteiger partial charge in [-0.05, 0) is 6.42 Å². The lowest BCUT2D eigenvalue weighted by Gasteiger charge is -2.13. The first-order valence-electron chi connectivity index (χ1n) is 9.55. The minimum atomic E-state index is -0.0762. The fourth-order valence-electron chi connectivity index (χ4n) is 3.26. The van der Waals surface area contributed by atoms with E-state index in [-0.39, 0.29) is 24.7 Å². The smallest absolute Gasteiger partial charge is 0.349 e. The zero-order valence-corrected chi connectivity index (χ0v) is 16.1. The summed E-state index contributed by atoms with van der Waals surface area (Å²) in [4.78, 5) is 3.36. The van der Waals surface area contributed by atoms with Crippen LogP contribution >= 0.6 is 0 Å². The van der Waals surface area contributed by atoms with Crippen LogP contribution in [0.2, 0.25) is 0 Å². The van der Waals surface area contributed by atoms with Gasteiger partial charge in [-0.3, -0.25) is 0 Å². The number of halogens is 1. The molecule has 0 radical (unpaired) electrons. The fraction of sp³-hybridized carbons (Fsp3) is 0.895. The number of aliphatic hydroxyl groups is 1. The van der Waals surface area contributed by atoms with Crippen molar-refractivity contribution in [1.82, 2.24) is 0 Å². The van der Waals surface area contributed by atoms with Crippen LogP contribution in [0.1, 0.15) is 90.9 Å². The maximum absolute atomic E-state index is 9.18. The summed E-state index contributed by atoms with van der Waals surface area (Å²) < 4.78 is 2.34. The van der Waals surface area contributed by atoms with Crippen molar-refractivity contribution in [3.63, 3.8) is 0 Å². The van der Waals surface area contributed by atoms with Gasteiger partial charge in [0.1, 0.15) is 13.0 Å². The van der Waals surface area contributed by atoms with Gasteiger partial charge < -0.3 is 17.5 Å². The fourth-order valence-corrected chi connectivity index (χ4v) is 3.26. The normalized spacial score (nSPS) is 19.7. The average Bonchev–Trinajstić information content (AvgIpc) is 2.86. The van der Waals surface area contributed by atoms with Crippen LogP contribution < -0.4 is 17.4 Å². The van der Waals surface area contributed by atoms with Gasteiger partial charge in [-0.15, -0.1) is 0 Å². The van der Waals surface area contributed by atoms with Crippen molar-refractivity contribution in [2.45, 2.75) is 96.6 Å². The van der Waals surface area contributed by atoms with E-state index in [0.717, 1.165) is 13.0 Å². The highest BCUT2D eigenvalue weighted by Gasteiger charge is 2.42. The lowest BCUT2D eigenvalue weighted by atomic mass is 10.1. The molecule has 4 heteroatoms. The minimum Gasteiger partial charge on any atom is -1.00 e. The Kier molecular flexibility index (Phi) is 13.7. The van der Waals surface area contributed by atoms with Crippen LogP contribution in [-0.4, -0.2) is 40.9 Å². The summed E-state index contributed by atoms with van der Waals surface area (Å²) in [6, 6.07) is 0. The molecule has 0 aliphatic carbocycles. The standard InChI is InChI=1S/C19H37N2O.ClH/c1-3-4-5-6-7-8-9-10-11-12-13-16-21-17-15-20-19(21,2)14-18-22;/h15,17,22H,3-14,16,18H2,1-2H3;1H/q+1;.